The molecule has 0 aliphatic heterocycles. The van der Waals surface area contributed by atoms with Gasteiger partial charge in [0.25, 0.3) is 0 Å². The van der Waals surface area contributed by atoms with Gasteiger partial charge in [-0.15, -0.1) is 67.5 Å². The quantitative estimate of drug-likeness (QED) is 0.113. The van der Waals surface area contributed by atoms with E-state index in [0.717, 1.165) is 22.6 Å². The van der Waals surface area contributed by atoms with E-state index >= 15 is 0 Å². The van der Waals surface area contributed by atoms with E-state index in [1.165, 1.54) is 69.5 Å². The van der Waals surface area contributed by atoms with E-state index in [2.05, 4.69) is 132 Å². The first-order valence-corrected chi connectivity index (χ1v) is 18.8. The first-order chi connectivity index (χ1) is 19.0. The van der Waals surface area contributed by atoms with E-state index in [4.69, 9.17) is 0 Å². The molecule has 0 heterocycles. The van der Waals surface area contributed by atoms with Crippen LogP contribution in [0.5, 0.6) is 0 Å². The molecule has 4 rings (SSSR count). The molecule has 0 aromatic heterocycles. The van der Waals surface area contributed by atoms with Crippen molar-refractivity contribution in [1.82, 2.24) is 0 Å². The third kappa shape index (κ3) is 9.90. The molecule has 4 aromatic carbocycles. The maximum Gasteiger partial charge on any atom is 4.00 e. The minimum Gasteiger partial charge on any atom is -1.00 e. The number of halogens is 2. The van der Waals surface area contributed by atoms with Crippen molar-refractivity contribution >= 4 is 48.0 Å². The first kappa shape index (κ1) is 42.8. The molecule has 0 radical (unpaired) electrons. The van der Waals surface area contributed by atoms with Crippen molar-refractivity contribution in [3.05, 3.63) is 70.8 Å². The van der Waals surface area contributed by atoms with Crippen LogP contribution in [0, 0.1) is 27.7 Å². The predicted molar refractivity (Wildman–Crippen MR) is 190 cm³/mol. The van der Waals surface area contributed by atoms with Gasteiger partial charge in [0.2, 0.25) is 0 Å². The summed E-state index contributed by atoms with van der Waals surface area (Å²) < 4.78 is 0. The molecule has 4 atom stereocenters. The van der Waals surface area contributed by atoms with Gasteiger partial charge >= 0.3 is 21.7 Å². The fourth-order valence-corrected chi connectivity index (χ4v) is 12.6. The molecule has 0 spiro atoms. The second-order valence-electron chi connectivity index (χ2n) is 12.3. The van der Waals surface area contributed by atoms with Crippen LogP contribution in [0.15, 0.2) is 48.5 Å². The molecule has 0 bridgehead atoms. The Labute approximate surface area is 294 Å². The Bertz CT molecular complexity index is 1180. The van der Waals surface area contributed by atoms with Gasteiger partial charge in [0.1, 0.15) is 0 Å². The summed E-state index contributed by atoms with van der Waals surface area (Å²) >= 11 is 0. The zero-order valence-corrected chi connectivity index (χ0v) is 33.8. The Hall–Kier alpha value is -0.186. The van der Waals surface area contributed by atoms with Crippen LogP contribution in [0.2, 0.25) is 0 Å². The minimum absolute atomic E-state index is 0. The average molecular weight is 694 g/mol. The number of aryl methyl sites for hydroxylation is 4. The van der Waals surface area contributed by atoms with Gasteiger partial charge in [-0.3, -0.25) is 0 Å². The molecule has 0 amide bonds. The monoisotopic (exact) mass is 692 g/mol. The molecule has 43 heavy (non-hydrogen) atoms. The van der Waals surface area contributed by atoms with Gasteiger partial charge in [-0.1, -0.05) is 108 Å². The van der Waals surface area contributed by atoms with Gasteiger partial charge in [0, 0.05) is 0 Å². The van der Waals surface area contributed by atoms with Crippen LogP contribution in [0.25, 0.3) is 21.5 Å². The third-order valence-electron chi connectivity index (χ3n) is 9.47. The average Bonchev–Trinajstić information content (AvgIpc) is 3.60. The van der Waals surface area contributed by atoms with Crippen molar-refractivity contribution in [3.63, 3.8) is 0 Å². The Balaban J connectivity index is 0.000000767. The molecule has 4 unspecified atom stereocenters. The fourth-order valence-electron chi connectivity index (χ4n) is 6.12. The van der Waals surface area contributed by atoms with Crippen molar-refractivity contribution < 1.29 is 46.5 Å². The summed E-state index contributed by atoms with van der Waals surface area (Å²) in [5.74, 6) is 0. The number of rotatable bonds is 10. The zero-order chi connectivity index (χ0) is 29.7. The van der Waals surface area contributed by atoms with Gasteiger partial charge in [0.05, 0.1) is 0 Å². The summed E-state index contributed by atoms with van der Waals surface area (Å²) in [4.78, 5) is 0. The zero-order valence-electron chi connectivity index (χ0n) is 28.9. The van der Waals surface area contributed by atoms with Crippen LogP contribution in [-0.4, -0.2) is 22.6 Å². The van der Waals surface area contributed by atoms with E-state index in [9.17, 15) is 0 Å². The topological polar surface area (TPSA) is 0 Å². The van der Waals surface area contributed by atoms with Gasteiger partial charge < -0.3 is 24.8 Å². The molecule has 236 valence electrons. The summed E-state index contributed by atoms with van der Waals surface area (Å²) in [5, 5.41) is 9.13. The van der Waals surface area contributed by atoms with Crippen LogP contribution in [-0.2, 0) is 21.7 Å². The summed E-state index contributed by atoms with van der Waals surface area (Å²) in [5.41, 5.74) is 8.94. The van der Waals surface area contributed by atoms with Gasteiger partial charge in [-0.05, 0) is 62.2 Å². The maximum absolute atomic E-state index is 2.49. The normalized spacial score (nSPS) is 15.2. The Morgan fingerprint density at radius 1 is 0.512 bits per heavy atom. The Morgan fingerprint density at radius 3 is 1.00 bits per heavy atom. The minimum atomic E-state index is -0.0500. The van der Waals surface area contributed by atoms with Crippen LogP contribution in [0.4, 0.5) is 0 Å². The SMILES string of the molecule is CCC(C)P(c1cc2c(C)ccc(C)c2[cH-]1)C(C)CC.CCC(C)P(c1cc2c(C)ccc(C)c2[cH-]1)C(C)CC.[Cl-].[Cl-].[Ti+4]. The molecule has 0 saturated heterocycles. The van der Waals surface area contributed by atoms with E-state index < -0.39 is 0 Å². The second kappa shape index (κ2) is 19.5. The summed E-state index contributed by atoms with van der Waals surface area (Å²) in [6.07, 6.45) is 5.15. The maximum atomic E-state index is 2.49. The van der Waals surface area contributed by atoms with Crippen molar-refractivity contribution in [1.29, 1.82) is 0 Å². The number of fused-ring (bicyclic) bond motifs is 2. The second-order valence-corrected chi connectivity index (χ2v) is 18.5. The Kier molecular flexibility index (Phi) is 19.4. The molecule has 0 saturated carbocycles. The molecular weight excluding hydrogens is 637 g/mol. The molecule has 0 N–H and O–H groups in total. The number of hydrogen-bond acceptors (Lipinski definition) is 0. The standard InChI is InChI=1S/2C19H28P.2ClH.Ti/c2*1-7-15(5)20(16(6)8-2)17-11-18-13(3)9-10-14(4)19(18)12-17;;;/h2*9-12,15-16H,7-8H2,1-6H3;2*1H;/q2*-1;;;+4/p-2. The van der Waals surface area contributed by atoms with Crippen molar-refractivity contribution in [2.24, 2.45) is 0 Å². The van der Waals surface area contributed by atoms with Gasteiger partial charge in [-0.2, -0.15) is 12.1 Å². The molecule has 0 aliphatic carbocycles. The van der Waals surface area contributed by atoms with Crippen LogP contribution in [0.1, 0.15) is 103 Å². The first-order valence-electron chi connectivity index (χ1n) is 15.9. The summed E-state index contributed by atoms with van der Waals surface area (Å²) in [6.45, 7) is 28.0. The van der Waals surface area contributed by atoms with E-state index in [1.807, 2.05) is 0 Å². The van der Waals surface area contributed by atoms with Gasteiger partial charge in [-0.25, -0.2) is 0 Å². The smallest absolute Gasteiger partial charge is 1.00 e. The largest absolute Gasteiger partial charge is 4.00 e. The van der Waals surface area contributed by atoms with Crippen LogP contribution >= 0.6 is 15.8 Å². The van der Waals surface area contributed by atoms with E-state index in [0.29, 0.717) is 0 Å². The molecular formula is C38H56Cl2P2Ti. The summed E-state index contributed by atoms with van der Waals surface area (Å²) in [7, 11) is -0.1000. The van der Waals surface area contributed by atoms with Crippen molar-refractivity contribution in [3.8, 4) is 0 Å². The molecule has 4 aromatic rings. The number of benzene rings is 2. The predicted octanol–water partition coefficient (Wildman–Crippen LogP) is 5.76. The van der Waals surface area contributed by atoms with Crippen molar-refractivity contribution in [2.75, 3.05) is 0 Å². The fraction of sp³-hybridized carbons (Fsp3) is 0.526. The van der Waals surface area contributed by atoms with Crippen molar-refractivity contribution in [2.45, 2.75) is 131 Å². The Morgan fingerprint density at radius 2 is 0.767 bits per heavy atom. The summed E-state index contributed by atoms with van der Waals surface area (Å²) in [6, 6.07) is 19.0. The van der Waals surface area contributed by atoms with Crippen LogP contribution in [0.3, 0.4) is 0 Å². The molecule has 0 nitrogen and oxygen atoms in total. The van der Waals surface area contributed by atoms with Crippen LogP contribution < -0.4 is 35.4 Å². The van der Waals surface area contributed by atoms with E-state index in [1.54, 1.807) is 10.6 Å². The van der Waals surface area contributed by atoms with Gasteiger partial charge in [0.15, 0.2) is 0 Å². The number of hydrogen-bond donors (Lipinski definition) is 0. The molecule has 0 aliphatic rings. The van der Waals surface area contributed by atoms with E-state index in [-0.39, 0.29) is 62.4 Å². The third-order valence-corrected chi connectivity index (χ3v) is 16.4. The molecule has 5 heteroatoms. The molecule has 0 fully saturated rings.